The van der Waals surface area contributed by atoms with Crippen LogP contribution in [0.15, 0.2) is 42.5 Å². The zero-order valence-electron chi connectivity index (χ0n) is 15.5. The molecule has 2 amide bonds. The molecule has 0 bridgehead atoms. The molecule has 2 aromatic rings. The third-order valence-corrected chi connectivity index (χ3v) is 3.75. The largest absolute Gasteiger partial charge is 0.493 e. The van der Waals surface area contributed by atoms with Gasteiger partial charge in [-0.15, -0.1) is 0 Å². The fourth-order valence-electron chi connectivity index (χ4n) is 2.12. The van der Waals surface area contributed by atoms with Crippen LogP contribution in [-0.4, -0.2) is 25.0 Å². The Labute approximate surface area is 163 Å². The zero-order valence-corrected chi connectivity index (χ0v) is 16.3. The summed E-state index contributed by atoms with van der Waals surface area (Å²) in [6.45, 7) is 6.32. The summed E-state index contributed by atoms with van der Waals surface area (Å²) in [6.07, 6.45) is 0. The Bertz CT molecular complexity index is 791. The minimum absolute atomic E-state index is 0.231. The van der Waals surface area contributed by atoms with Gasteiger partial charge in [0.15, 0.2) is 6.61 Å². The first-order chi connectivity index (χ1) is 12.8. The van der Waals surface area contributed by atoms with Gasteiger partial charge in [-0.1, -0.05) is 25.4 Å². The van der Waals surface area contributed by atoms with Crippen LogP contribution >= 0.6 is 11.6 Å². The van der Waals surface area contributed by atoms with E-state index in [4.69, 9.17) is 21.1 Å². The average Bonchev–Trinajstić information content (AvgIpc) is 2.64. The molecule has 0 aliphatic rings. The molecule has 144 valence electrons. The quantitative estimate of drug-likeness (QED) is 0.709. The van der Waals surface area contributed by atoms with Crippen LogP contribution < -0.4 is 20.3 Å². The first-order valence-corrected chi connectivity index (χ1v) is 8.94. The van der Waals surface area contributed by atoms with Crippen LogP contribution in [0.25, 0.3) is 0 Å². The van der Waals surface area contributed by atoms with Gasteiger partial charge in [0.1, 0.15) is 11.5 Å². The van der Waals surface area contributed by atoms with Gasteiger partial charge in [0.05, 0.1) is 6.61 Å². The summed E-state index contributed by atoms with van der Waals surface area (Å²) in [6, 6.07) is 11.8. The van der Waals surface area contributed by atoms with Crippen molar-refractivity contribution in [3.8, 4) is 11.5 Å². The standard InChI is InChI=1S/C20H23ClN2O4/c1-13(2)11-26-17-7-4-15(5-8-17)20(25)23-22-19(24)12-27-18-9-6-16(21)10-14(18)3/h4-10,13H,11-12H2,1-3H3,(H,22,24)(H,23,25). The lowest BCUT2D eigenvalue weighted by molar-refractivity contribution is -0.123. The van der Waals surface area contributed by atoms with Crippen molar-refractivity contribution in [1.82, 2.24) is 10.9 Å². The summed E-state index contributed by atoms with van der Waals surface area (Å²) in [5.41, 5.74) is 5.89. The number of carbonyl (C=O) groups excluding carboxylic acids is 2. The van der Waals surface area contributed by atoms with E-state index in [2.05, 4.69) is 24.7 Å². The Hall–Kier alpha value is -2.73. The highest BCUT2D eigenvalue weighted by molar-refractivity contribution is 6.30. The van der Waals surface area contributed by atoms with Crippen molar-refractivity contribution in [3.05, 3.63) is 58.6 Å². The van der Waals surface area contributed by atoms with Crippen molar-refractivity contribution < 1.29 is 19.1 Å². The average molecular weight is 391 g/mol. The van der Waals surface area contributed by atoms with E-state index in [9.17, 15) is 9.59 Å². The van der Waals surface area contributed by atoms with Crippen LogP contribution in [0.1, 0.15) is 29.8 Å². The number of amides is 2. The molecular weight excluding hydrogens is 368 g/mol. The number of rotatable bonds is 7. The number of nitrogens with one attached hydrogen (secondary N) is 2. The molecule has 0 spiro atoms. The molecule has 2 aromatic carbocycles. The maximum Gasteiger partial charge on any atom is 0.276 e. The minimum atomic E-state index is -0.477. The predicted octanol–water partition coefficient (Wildman–Crippen LogP) is 3.52. The molecule has 0 aliphatic carbocycles. The van der Waals surface area contributed by atoms with Crippen LogP contribution in [0.4, 0.5) is 0 Å². The van der Waals surface area contributed by atoms with E-state index < -0.39 is 11.8 Å². The number of hydrazine groups is 1. The molecule has 2 rings (SSSR count). The van der Waals surface area contributed by atoms with E-state index in [1.807, 2.05) is 6.92 Å². The number of hydrogen-bond donors (Lipinski definition) is 2. The van der Waals surface area contributed by atoms with E-state index in [1.165, 1.54) is 0 Å². The molecule has 2 N–H and O–H groups in total. The Morgan fingerprint density at radius 2 is 1.74 bits per heavy atom. The lowest BCUT2D eigenvalue weighted by atomic mass is 10.2. The first kappa shape index (κ1) is 20.6. The third-order valence-electron chi connectivity index (χ3n) is 3.51. The molecule has 0 fully saturated rings. The van der Waals surface area contributed by atoms with Gasteiger partial charge in [-0.05, 0) is 60.9 Å². The van der Waals surface area contributed by atoms with Crippen molar-refractivity contribution in [1.29, 1.82) is 0 Å². The number of benzene rings is 2. The second-order valence-electron chi connectivity index (χ2n) is 6.43. The van der Waals surface area contributed by atoms with Crippen molar-refractivity contribution in [3.63, 3.8) is 0 Å². The first-order valence-electron chi connectivity index (χ1n) is 8.56. The zero-order chi connectivity index (χ0) is 19.8. The maximum absolute atomic E-state index is 12.1. The van der Waals surface area contributed by atoms with Crippen molar-refractivity contribution in [2.24, 2.45) is 5.92 Å². The molecule has 0 aliphatic heterocycles. The van der Waals surface area contributed by atoms with E-state index in [1.54, 1.807) is 42.5 Å². The Morgan fingerprint density at radius 3 is 2.37 bits per heavy atom. The fourth-order valence-corrected chi connectivity index (χ4v) is 2.34. The molecule has 27 heavy (non-hydrogen) atoms. The monoisotopic (exact) mass is 390 g/mol. The number of carbonyl (C=O) groups is 2. The third kappa shape index (κ3) is 6.83. The van der Waals surface area contributed by atoms with Crippen LogP contribution in [0.2, 0.25) is 5.02 Å². The maximum atomic E-state index is 12.1. The van der Waals surface area contributed by atoms with E-state index in [0.29, 0.717) is 34.6 Å². The van der Waals surface area contributed by atoms with Crippen molar-refractivity contribution in [2.45, 2.75) is 20.8 Å². The molecule has 0 aromatic heterocycles. The molecule has 0 saturated carbocycles. The summed E-state index contributed by atoms with van der Waals surface area (Å²) in [7, 11) is 0. The topological polar surface area (TPSA) is 76.7 Å². The summed E-state index contributed by atoms with van der Waals surface area (Å²) in [5.74, 6) is 0.756. The normalized spacial score (nSPS) is 10.4. The van der Waals surface area contributed by atoms with Gasteiger partial charge in [0.2, 0.25) is 0 Å². The van der Waals surface area contributed by atoms with Crippen LogP contribution in [-0.2, 0) is 4.79 Å². The van der Waals surface area contributed by atoms with Crippen molar-refractivity contribution >= 4 is 23.4 Å². The molecular formula is C20H23ClN2O4. The fraction of sp³-hybridized carbons (Fsp3) is 0.300. The van der Waals surface area contributed by atoms with Gasteiger partial charge in [0.25, 0.3) is 11.8 Å². The summed E-state index contributed by atoms with van der Waals surface area (Å²) >= 11 is 5.87. The molecule has 6 nitrogen and oxygen atoms in total. The Kier molecular flexibility index (Phi) is 7.49. The Morgan fingerprint density at radius 1 is 1.04 bits per heavy atom. The van der Waals surface area contributed by atoms with Crippen LogP contribution in [0.5, 0.6) is 11.5 Å². The molecule has 7 heteroatoms. The van der Waals surface area contributed by atoms with Gasteiger partial charge in [-0.2, -0.15) is 0 Å². The number of hydrogen-bond acceptors (Lipinski definition) is 4. The van der Waals surface area contributed by atoms with Gasteiger partial charge < -0.3 is 9.47 Å². The van der Waals surface area contributed by atoms with Crippen LogP contribution in [0, 0.1) is 12.8 Å². The second kappa shape index (κ2) is 9.83. The van der Waals surface area contributed by atoms with Gasteiger partial charge in [-0.3, -0.25) is 20.4 Å². The SMILES string of the molecule is Cc1cc(Cl)ccc1OCC(=O)NNC(=O)c1ccc(OCC(C)C)cc1. The predicted molar refractivity (Wildman–Crippen MR) is 104 cm³/mol. The molecule has 0 heterocycles. The van der Waals surface area contributed by atoms with Crippen molar-refractivity contribution in [2.75, 3.05) is 13.2 Å². The Balaban J connectivity index is 1.78. The highest BCUT2D eigenvalue weighted by atomic mass is 35.5. The molecule has 0 radical (unpaired) electrons. The number of ether oxygens (including phenoxy) is 2. The summed E-state index contributed by atoms with van der Waals surface area (Å²) in [4.78, 5) is 23.9. The molecule has 0 atom stereocenters. The van der Waals surface area contributed by atoms with Gasteiger partial charge >= 0.3 is 0 Å². The summed E-state index contributed by atoms with van der Waals surface area (Å²) < 4.78 is 11.0. The number of aryl methyl sites for hydroxylation is 1. The number of halogens is 1. The van der Waals surface area contributed by atoms with Gasteiger partial charge in [0, 0.05) is 10.6 Å². The lowest BCUT2D eigenvalue weighted by Crippen LogP contribution is -2.43. The smallest absolute Gasteiger partial charge is 0.276 e. The van der Waals surface area contributed by atoms with E-state index in [0.717, 1.165) is 5.56 Å². The van der Waals surface area contributed by atoms with E-state index >= 15 is 0 Å². The summed E-state index contributed by atoms with van der Waals surface area (Å²) in [5, 5.41) is 0.595. The highest BCUT2D eigenvalue weighted by Gasteiger charge is 2.09. The highest BCUT2D eigenvalue weighted by Crippen LogP contribution is 2.21. The molecule has 0 unspecified atom stereocenters. The lowest BCUT2D eigenvalue weighted by Gasteiger charge is -2.11. The molecule has 0 saturated heterocycles. The minimum Gasteiger partial charge on any atom is -0.493 e. The van der Waals surface area contributed by atoms with Gasteiger partial charge in [-0.25, -0.2) is 0 Å². The van der Waals surface area contributed by atoms with E-state index in [-0.39, 0.29) is 6.61 Å². The second-order valence-corrected chi connectivity index (χ2v) is 6.87. The van der Waals surface area contributed by atoms with Crippen LogP contribution in [0.3, 0.4) is 0 Å².